The predicted molar refractivity (Wildman–Crippen MR) is 91.6 cm³/mol. The number of carbonyl (C=O) groups is 1. The summed E-state index contributed by atoms with van der Waals surface area (Å²) in [6.07, 6.45) is 0. The highest BCUT2D eigenvalue weighted by molar-refractivity contribution is 7.89. The van der Waals surface area contributed by atoms with Gasteiger partial charge in [-0.1, -0.05) is 13.0 Å². The van der Waals surface area contributed by atoms with Crippen molar-refractivity contribution in [1.82, 2.24) is 15.4 Å². The highest BCUT2D eigenvalue weighted by Crippen LogP contribution is 2.16. The number of nitro benzene ring substituents is 1. The van der Waals surface area contributed by atoms with Crippen molar-refractivity contribution in [2.75, 3.05) is 26.7 Å². The lowest BCUT2D eigenvalue weighted by Gasteiger charge is -2.12. The number of hydrogen-bond donors (Lipinski definition) is 3. The summed E-state index contributed by atoms with van der Waals surface area (Å²) in [6, 6.07) is 4.76. The van der Waals surface area contributed by atoms with Crippen LogP contribution < -0.4 is 15.4 Å². The molecule has 1 unspecified atom stereocenters. The molecule has 1 aromatic rings. The van der Waals surface area contributed by atoms with E-state index in [1.54, 1.807) is 14.0 Å². The summed E-state index contributed by atoms with van der Waals surface area (Å²) >= 11 is 0. The molecule has 9 nitrogen and oxygen atoms in total. The van der Waals surface area contributed by atoms with E-state index in [0.717, 1.165) is 6.07 Å². The Morgan fingerprint density at radius 1 is 1.33 bits per heavy atom. The predicted octanol–water partition coefficient (Wildman–Crippen LogP) is 0.267. The van der Waals surface area contributed by atoms with Crippen molar-refractivity contribution in [3.63, 3.8) is 0 Å². The van der Waals surface area contributed by atoms with Crippen LogP contribution in [0.3, 0.4) is 0 Å². The summed E-state index contributed by atoms with van der Waals surface area (Å²) in [6.45, 7) is 2.38. The van der Waals surface area contributed by atoms with E-state index in [-0.39, 0.29) is 47.9 Å². The molecule has 0 heterocycles. The quantitative estimate of drug-likeness (QED) is 0.320. The van der Waals surface area contributed by atoms with Crippen LogP contribution in [0.25, 0.3) is 0 Å². The van der Waals surface area contributed by atoms with Gasteiger partial charge in [-0.3, -0.25) is 14.9 Å². The molecule has 0 saturated carbocycles. The first-order valence-corrected chi connectivity index (χ1v) is 8.42. The van der Waals surface area contributed by atoms with E-state index in [0.29, 0.717) is 6.54 Å². The van der Waals surface area contributed by atoms with Crippen molar-refractivity contribution in [2.45, 2.75) is 11.8 Å². The van der Waals surface area contributed by atoms with E-state index < -0.39 is 14.9 Å². The topological polar surface area (TPSA) is 130 Å². The second-order valence-corrected chi connectivity index (χ2v) is 6.67. The average Bonchev–Trinajstić information content (AvgIpc) is 2.51. The molecule has 24 heavy (non-hydrogen) atoms. The average molecular weight is 381 g/mol. The van der Waals surface area contributed by atoms with Gasteiger partial charge >= 0.3 is 0 Å². The Balaban J connectivity index is 0.00000529. The lowest BCUT2D eigenvalue weighted by molar-refractivity contribution is -0.385. The Labute approximate surface area is 146 Å². The van der Waals surface area contributed by atoms with E-state index >= 15 is 0 Å². The first-order chi connectivity index (χ1) is 10.8. The number of carbonyl (C=O) groups excluding carboxylic acids is 1. The number of nitrogens with one attached hydrogen (secondary N) is 3. The van der Waals surface area contributed by atoms with Gasteiger partial charge in [0, 0.05) is 37.7 Å². The summed E-state index contributed by atoms with van der Waals surface area (Å²) < 4.78 is 26.4. The lowest BCUT2D eigenvalue weighted by atomic mass is 10.1. The fourth-order valence-corrected chi connectivity index (χ4v) is 2.86. The highest BCUT2D eigenvalue weighted by atomic mass is 35.5. The standard InChI is InChI=1S/C13H20N4O5S.ClH/c1-10(9-14-2)13(18)15-6-7-16-23(21,22)12-5-3-4-11(8-12)17(19)20;/h3-5,8,10,14,16H,6-7,9H2,1-2H3,(H,15,18);1H. The molecule has 0 aromatic heterocycles. The van der Waals surface area contributed by atoms with Gasteiger partial charge in [0.2, 0.25) is 15.9 Å². The van der Waals surface area contributed by atoms with Crippen molar-refractivity contribution in [1.29, 1.82) is 0 Å². The van der Waals surface area contributed by atoms with Crippen molar-refractivity contribution < 1.29 is 18.1 Å². The number of nitrogens with zero attached hydrogens (tertiary/aromatic N) is 1. The molecule has 1 amide bonds. The van der Waals surface area contributed by atoms with E-state index in [1.165, 1.54) is 18.2 Å². The molecular formula is C13H21ClN4O5S. The molecule has 1 aromatic carbocycles. The fourth-order valence-electron chi connectivity index (χ4n) is 1.79. The van der Waals surface area contributed by atoms with Crippen molar-refractivity contribution >= 4 is 34.0 Å². The Morgan fingerprint density at radius 2 is 2.00 bits per heavy atom. The maximum Gasteiger partial charge on any atom is 0.270 e. The minimum absolute atomic E-state index is 0. The highest BCUT2D eigenvalue weighted by Gasteiger charge is 2.17. The molecule has 0 aliphatic rings. The van der Waals surface area contributed by atoms with Crippen LogP contribution in [0.5, 0.6) is 0 Å². The van der Waals surface area contributed by atoms with Gasteiger partial charge in [-0.25, -0.2) is 13.1 Å². The van der Waals surface area contributed by atoms with Gasteiger partial charge in [0.25, 0.3) is 5.69 Å². The van der Waals surface area contributed by atoms with E-state index in [1.807, 2.05) is 0 Å². The number of non-ortho nitro benzene ring substituents is 1. The molecule has 0 radical (unpaired) electrons. The second kappa shape index (κ2) is 10.2. The maximum absolute atomic E-state index is 12.0. The first kappa shape index (κ1) is 22.2. The minimum Gasteiger partial charge on any atom is -0.355 e. The van der Waals surface area contributed by atoms with Crippen LogP contribution in [0, 0.1) is 16.0 Å². The molecule has 1 rings (SSSR count). The van der Waals surface area contributed by atoms with Gasteiger partial charge in [0.1, 0.15) is 0 Å². The van der Waals surface area contributed by atoms with Gasteiger partial charge in [-0.05, 0) is 13.1 Å². The third-order valence-electron chi connectivity index (χ3n) is 3.01. The second-order valence-electron chi connectivity index (χ2n) is 4.90. The van der Waals surface area contributed by atoms with Crippen LogP contribution >= 0.6 is 12.4 Å². The van der Waals surface area contributed by atoms with Crippen LogP contribution in [0.15, 0.2) is 29.2 Å². The number of sulfonamides is 1. The molecule has 0 fully saturated rings. The third kappa shape index (κ3) is 6.79. The van der Waals surface area contributed by atoms with Crippen LogP contribution in [0.2, 0.25) is 0 Å². The van der Waals surface area contributed by atoms with E-state index in [4.69, 9.17) is 0 Å². The molecule has 11 heteroatoms. The van der Waals surface area contributed by atoms with Crippen LogP contribution in [0.4, 0.5) is 5.69 Å². The molecule has 0 aliphatic carbocycles. The zero-order valence-electron chi connectivity index (χ0n) is 13.3. The zero-order chi connectivity index (χ0) is 17.5. The van der Waals surface area contributed by atoms with Crippen LogP contribution in [0.1, 0.15) is 6.92 Å². The van der Waals surface area contributed by atoms with E-state index in [2.05, 4.69) is 15.4 Å². The maximum atomic E-state index is 12.0. The van der Waals surface area contributed by atoms with Crippen molar-refractivity contribution in [3.05, 3.63) is 34.4 Å². The Hall–Kier alpha value is -1.75. The zero-order valence-corrected chi connectivity index (χ0v) is 14.9. The van der Waals surface area contributed by atoms with Gasteiger partial charge in [0.05, 0.1) is 9.82 Å². The first-order valence-electron chi connectivity index (χ1n) is 6.94. The summed E-state index contributed by atoms with van der Waals surface area (Å²) in [5.74, 6) is -0.415. The largest absolute Gasteiger partial charge is 0.355 e. The number of hydrogen-bond acceptors (Lipinski definition) is 6. The number of benzene rings is 1. The molecule has 136 valence electrons. The number of rotatable bonds is 9. The summed E-state index contributed by atoms with van der Waals surface area (Å²) in [7, 11) is -2.13. The Kier molecular flexibility index (Phi) is 9.44. The minimum atomic E-state index is -3.86. The molecule has 0 saturated heterocycles. The molecule has 0 bridgehead atoms. The summed E-state index contributed by atoms with van der Waals surface area (Å²) in [4.78, 5) is 21.5. The summed E-state index contributed by atoms with van der Waals surface area (Å²) in [5, 5.41) is 16.1. The molecular weight excluding hydrogens is 360 g/mol. The lowest BCUT2D eigenvalue weighted by Crippen LogP contribution is -2.39. The molecule has 1 atom stereocenters. The smallest absolute Gasteiger partial charge is 0.270 e. The number of amides is 1. The third-order valence-corrected chi connectivity index (χ3v) is 4.47. The van der Waals surface area contributed by atoms with Gasteiger partial charge in [0.15, 0.2) is 0 Å². The molecule has 0 aliphatic heterocycles. The van der Waals surface area contributed by atoms with Gasteiger partial charge in [-0.2, -0.15) is 0 Å². The molecule has 3 N–H and O–H groups in total. The Morgan fingerprint density at radius 3 is 2.58 bits per heavy atom. The Bertz CT molecular complexity index is 668. The fraction of sp³-hybridized carbons (Fsp3) is 0.462. The summed E-state index contributed by atoms with van der Waals surface area (Å²) in [5.41, 5.74) is -0.304. The molecule has 0 spiro atoms. The van der Waals surface area contributed by atoms with Gasteiger partial charge < -0.3 is 10.6 Å². The van der Waals surface area contributed by atoms with E-state index in [9.17, 15) is 23.3 Å². The van der Waals surface area contributed by atoms with Crippen LogP contribution in [-0.4, -0.2) is 45.9 Å². The monoisotopic (exact) mass is 380 g/mol. The van der Waals surface area contributed by atoms with Crippen molar-refractivity contribution in [2.24, 2.45) is 5.92 Å². The van der Waals surface area contributed by atoms with Crippen molar-refractivity contribution in [3.8, 4) is 0 Å². The number of halogens is 1. The SMILES string of the molecule is CNCC(C)C(=O)NCCNS(=O)(=O)c1cccc([N+](=O)[O-])c1.Cl. The van der Waals surface area contributed by atoms with Gasteiger partial charge in [-0.15, -0.1) is 12.4 Å². The number of nitro groups is 1. The normalized spacial score (nSPS) is 12.1. The van der Waals surface area contributed by atoms with Crippen LogP contribution in [-0.2, 0) is 14.8 Å².